The van der Waals surface area contributed by atoms with Crippen molar-refractivity contribution in [3.8, 4) is 0 Å². The Morgan fingerprint density at radius 3 is 2.39 bits per heavy atom. The van der Waals surface area contributed by atoms with Gasteiger partial charge in [-0.2, -0.15) is 10.3 Å². The molecule has 3 aromatic carbocycles. The first kappa shape index (κ1) is 22.4. The van der Waals surface area contributed by atoms with Crippen LogP contribution >= 0.6 is 0 Å². The van der Waals surface area contributed by atoms with Crippen LogP contribution in [0.15, 0.2) is 91.0 Å². The monoisotopic (exact) mass is 474 g/mol. The van der Waals surface area contributed by atoms with Gasteiger partial charge in [-0.25, -0.2) is 4.98 Å². The summed E-state index contributed by atoms with van der Waals surface area (Å²) in [5.41, 5.74) is 14.1. The fourth-order valence-corrected chi connectivity index (χ4v) is 5.77. The molecule has 0 aliphatic heterocycles. The molecule has 4 N–H and O–H groups in total. The smallest absolute Gasteiger partial charge is 0.203 e. The number of fused-ring (bicyclic) bond motifs is 2. The summed E-state index contributed by atoms with van der Waals surface area (Å²) >= 11 is 0. The summed E-state index contributed by atoms with van der Waals surface area (Å²) in [7, 11) is 0. The molecule has 2 heterocycles. The van der Waals surface area contributed by atoms with Crippen molar-refractivity contribution >= 4 is 17.0 Å². The fraction of sp³-hybridized carbons (Fsp3) is 0.233. The lowest BCUT2D eigenvalue weighted by molar-refractivity contribution is 0.433. The van der Waals surface area contributed by atoms with Gasteiger partial charge in [0, 0.05) is 17.9 Å². The minimum absolute atomic E-state index is 0.132. The Hall–Kier alpha value is -4.03. The van der Waals surface area contributed by atoms with E-state index in [4.69, 9.17) is 5.73 Å². The maximum absolute atomic E-state index is 6.15. The molecule has 3 atom stereocenters. The van der Waals surface area contributed by atoms with Crippen LogP contribution in [0.25, 0.3) is 11.2 Å². The van der Waals surface area contributed by atoms with Crippen LogP contribution in [0.3, 0.4) is 0 Å². The molecule has 6 rings (SSSR count). The molecule has 2 aromatic heterocycles. The highest BCUT2D eigenvalue weighted by Crippen LogP contribution is 2.41. The zero-order valence-electron chi connectivity index (χ0n) is 20.1. The largest absolute Gasteiger partial charge is 0.384 e. The molecule has 0 bridgehead atoms. The van der Waals surface area contributed by atoms with Gasteiger partial charge in [0.15, 0.2) is 0 Å². The standard InChI is InChI=1S/C30H30N6/c31-28-19-26(29-30(33-28)35-36-34-29)23(21-11-5-2-6-12-21)17-18-32-27-16-15-22(20-9-3-1-4-10-20)24-13-7-8-14-25(24)27/h1-14,19,22-23,27,32H,15-18H2,(H3,31,33,34,35,36)/t22-,23+,27+/m0/s1. The number of pyridine rings is 1. The average Bonchev–Trinajstić information content (AvgIpc) is 3.40. The predicted molar refractivity (Wildman–Crippen MR) is 144 cm³/mol. The second-order valence-corrected chi connectivity index (χ2v) is 9.56. The van der Waals surface area contributed by atoms with Gasteiger partial charge >= 0.3 is 0 Å². The first-order valence-corrected chi connectivity index (χ1v) is 12.7. The molecule has 180 valence electrons. The first-order chi connectivity index (χ1) is 17.8. The number of aromatic amines is 1. The number of nitrogen functional groups attached to an aromatic ring is 1. The highest BCUT2D eigenvalue weighted by molar-refractivity contribution is 5.77. The number of rotatable bonds is 7. The summed E-state index contributed by atoms with van der Waals surface area (Å²) < 4.78 is 0. The molecule has 0 spiro atoms. The lowest BCUT2D eigenvalue weighted by Crippen LogP contribution is -2.28. The summed E-state index contributed by atoms with van der Waals surface area (Å²) in [5.74, 6) is 1.05. The average molecular weight is 475 g/mol. The van der Waals surface area contributed by atoms with Crippen LogP contribution in [0.1, 0.15) is 65.0 Å². The zero-order valence-corrected chi connectivity index (χ0v) is 20.1. The van der Waals surface area contributed by atoms with E-state index in [1.165, 1.54) is 22.3 Å². The Bertz CT molecular complexity index is 1450. The van der Waals surface area contributed by atoms with Gasteiger partial charge in [-0.1, -0.05) is 84.9 Å². The maximum Gasteiger partial charge on any atom is 0.203 e. The van der Waals surface area contributed by atoms with Crippen LogP contribution in [0.5, 0.6) is 0 Å². The van der Waals surface area contributed by atoms with E-state index >= 15 is 0 Å². The highest BCUT2D eigenvalue weighted by Gasteiger charge is 2.28. The number of nitrogens with two attached hydrogens (primary N) is 1. The zero-order chi connectivity index (χ0) is 24.3. The summed E-state index contributed by atoms with van der Waals surface area (Å²) in [5, 5.41) is 15.2. The van der Waals surface area contributed by atoms with Crippen LogP contribution in [0.2, 0.25) is 0 Å². The number of benzene rings is 3. The van der Waals surface area contributed by atoms with Crippen LogP contribution < -0.4 is 11.1 Å². The van der Waals surface area contributed by atoms with Gasteiger partial charge < -0.3 is 11.1 Å². The Morgan fingerprint density at radius 2 is 1.58 bits per heavy atom. The molecular weight excluding hydrogens is 444 g/mol. The molecule has 5 aromatic rings. The quantitative estimate of drug-likeness (QED) is 0.281. The first-order valence-electron chi connectivity index (χ1n) is 12.7. The maximum atomic E-state index is 6.15. The van der Waals surface area contributed by atoms with Crippen molar-refractivity contribution in [2.24, 2.45) is 0 Å². The van der Waals surface area contributed by atoms with E-state index in [2.05, 4.69) is 105 Å². The third-order valence-corrected chi connectivity index (χ3v) is 7.44. The Morgan fingerprint density at radius 1 is 0.861 bits per heavy atom. The van der Waals surface area contributed by atoms with Crippen molar-refractivity contribution in [1.82, 2.24) is 25.7 Å². The van der Waals surface area contributed by atoms with Crippen molar-refractivity contribution < 1.29 is 0 Å². The summed E-state index contributed by atoms with van der Waals surface area (Å²) in [6.45, 7) is 0.871. The molecule has 6 heteroatoms. The number of nitrogens with zero attached hydrogens (tertiary/aromatic N) is 3. The molecule has 1 aliphatic rings. The molecule has 6 nitrogen and oxygen atoms in total. The van der Waals surface area contributed by atoms with E-state index in [9.17, 15) is 0 Å². The summed E-state index contributed by atoms with van der Waals surface area (Å²) in [6.07, 6.45) is 3.17. The van der Waals surface area contributed by atoms with Crippen molar-refractivity contribution in [2.75, 3.05) is 12.3 Å². The van der Waals surface area contributed by atoms with Gasteiger partial charge in [0.1, 0.15) is 11.3 Å². The number of aromatic nitrogens is 4. The molecule has 0 saturated carbocycles. The van der Waals surface area contributed by atoms with Gasteiger partial charge in [-0.05, 0) is 59.7 Å². The Balaban J connectivity index is 1.25. The van der Waals surface area contributed by atoms with Crippen LogP contribution in [-0.4, -0.2) is 26.9 Å². The molecular formula is C30H30N6. The number of nitrogens with one attached hydrogen (secondary N) is 2. The second-order valence-electron chi connectivity index (χ2n) is 9.56. The van der Waals surface area contributed by atoms with Gasteiger partial charge in [0.05, 0.1) is 0 Å². The normalized spacial score (nSPS) is 18.1. The highest BCUT2D eigenvalue weighted by atomic mass is 15.3. The van der Waals surface area contributed by atoms with E-state index in [0.717, 1.165) is 36.9 Å². The van der Waals surface area contributed by atoms with Gasteiger partial charge in [-0.15, -0.1) is 5.10 Å². The third kappa shape index (κ3) is 4.36. The van der Waals surface area contributed by atoms with E-state index in [1.54, 1.807) is 0 Å². The Kier molecular flexibility index (Phi) is 6.18. The van der Waals surface area contributed by atoms with Crippen LogP contribution in [-0.2, 0) is 0 Å². The topological polar surface area (TPSA) is 92.5 Å². The van der Waals surface area contributed by atoms with Crippen molar-refractivity contribution in [1.29, 1.82) is 0 Å². The lowest BCUT2D eigenvalue weighted by atomic mass is 9.76. The number of hydrogen-bond acceptors (Lipinski definition) is 5. The minimum atomic E-state index is 0.132. The second kappa shape index (κ2) is 9.91. The van der Waals surface area contributed by atoms with E-state index < -0.39 is 0 Å². The van der Waals surface area contributed by atoms with Crippen LogP contribution in [0, 0.1) is 0 Å². The third-order valence-electron chi connectivity index (χ3n) is 7.44. The molecule has 0 radical (unpaired) electrons. The summed E-state index contributed by atoms with van der Waals surface area (Å²) in [4.78, 5) is 4.34. The molecule has 0 unspecified atom stereocenters. The summed E-state index contributed by atoms with van der Waals surface area (Å²) in [6, 6.07) is 32.7. The van der Waals surface area contributed by atoms with E-state index in [0.29, 0.717) is 23.4 Å². The molecule has 0 saturated heterocycles. The van der Waals surface area contributed by atoms with Gasteiger partial charge in [0.2, 0.25) is 5.65 Å². The number of hydrogen-bond donors (Lipinski definition) is 3. The molecule has 0 amide bonds. The van der Waals surface area contributed by atoms with Crippen molar-refractivity contribution in [3.05, 3.63) is 119 Å². The van der Waals surface area contributed by atoms with Crippen molar-refractivity contribution in [2.45, 2.75) is 37.1 Å². The SMILES string of the molecule is Nc1cc([C@H](CCN[C@@H]2CC[C@@H](c3ccccc3)c3ccccc32)c2ccccc2)c2n[nH]nc2n1. The molecule has 0 fully saturated rings. The van der Waals surface area contributed by atoms with Crippen molar-refractivity contribution in [3.63, 3.8) is 0 Å². The molecule has 1 aliphatic carbocycles. The number of anilines is 1. The fourth-order valence-electron chi connectivity index (χ4n) is 5.77. The minimum Gasteiger partial charge on any atom is -0.384 e. The molecule has 36 heavy (non-hydrogen) atoms. The van der Waals surface area contributed by atoms with Crippen LogP contribution in [0.4, 0.5) is 5.82 Å². The van der Waals surface area contributed by atoms with Gasteiger partial charge in [0.25, 0.3) is 0 Å². The Labute approximate surface area is 211 Å². The van der Waals surface area contributed by atoms with E-state index in [-0.39, 0.29) is 5.92 Å². The van der Waals surface area contributed by atoms with E-state index in [1.807, 2.05) is 12.1 Å². The van der Waals surface area contributed by atoms with Gasteiger partial charge in [-0.3, -0.25) is 0 Å². The lowest BCUT2D eigenvalue weighted by Gasteiger charge is -2.33. The predicted octanol–water partition coefficient (Wildman–Crippen LogP) is 5.71. The number of H-pyrrole nitrogens is 1.